The van der Waals surface area contributed by atoms with E-state index in [4.69, 9.17) is 15.6 Å². The van der Waals surface area contributed by atoms with E-state index in [9.17, 15) is 87.3 Å². The third-order valence-corrected chi connectivity index (χ3v) is 19.3. The number of carboxylic acid groups (broad SMARTS) is 4. The van der Waals surface area contributed by atoms with E-state index in [1.165, 1.54) is 38.1 Å². The molecular weight excluding hydrogens is 1440 g/mol. The lowest BCUT2D eigenvalue weighted by molar-refractivity contribution is -0.192. The van der Waals surface area contributed by atoms with Gasteiger partial charge in [-0.2, -0.15) is 13.2 Å². The molecule has 2 saturated heterocycles. The zero-order valence-corrected chi connectivity index (χ0v) is 59.8. The molecule has 0 spiro atoms. The quantitative estimate of drug-likeness (QED) is 0.0222. The largest absolute Gasteiger partial charge is 0.508 e. The van der Waals surface area contributed by atoms with Crippen LogP contribution in [0.5, 0.6) is 5.75 Å². The van der Waals surface area contributed by atoms with E-state index in [2.05, 4.69) is 47.5 Å². The van der Waals surface area contributed by atoms with Gasteiger partial charge in [-0.05, 0) is 74.5 Å². The number of alkyl halides is 3. The number of nitrogens with zero attached hydrogens (tertiary/aromatic N) is 4. The van der Waals surface area contributed by atoms with Crippen molar-refractivity contribution in [1.29, 1.82) is 0 Å². The SMILES string of the molecule is C[C@@H](O)[C@@H]1NC(=O)[C@H](CCCCN)NC(=O)[C@@H](Cc2c[nH]c3ccccc23)NC(=O)[C@H](Cc2ccc(O)cc2)NC(=O)[C@@H](NC(=O)[C@@H](Cc2ccccc2)NC(=O)CN2CCN(CC(=O)O)CCN(CC(=O)O)CCN(CC(=O)O)CC2)CSSC[C@@H](C(=O)N[C@H](CO)[C@@H](C)O)NC1=O.O=C(O)C(F)(F)F. The van der Waals surface area contributed by atoms with Crippen LogP contribution in [0.4, 0.5) is 13.2 Å². The summed E-state index contributed by atoms with van der Waals surface area (Å²) in [7, 11) is 1.81. The number of carboxylic acids is 4. The van der Waals surface area contributed by atoms with Gasteiger partial charge in [-0.1, -0.05) is 82.3 Å². The number of nitrogens with one attached hydrogen (secondary N) is 9. The number of aromatic nitrogens is 1. The minimum absolute atomic E-state index is 0.0540. The summed E-state index contributed by atoms with van der Waals surface area (Å²) in [6.07, 6.45) is -6.40. The average molecular weight is 1540 g/mol. The number of aliphatic hydroxyl groups excluding tert-OH is 3. The number of nitrogens with two attached hydrogens (primary N) is 1. The summed E-state index contributed by atoms with van der Waals surface area (Å²) in [4.78, 5) is 172. The van der Waals surface area contributed by atoms with Gasteiger partial charge in [0.25, 0.3) is 0 Å². The molecule has 106 heavy (non-hydrogen) atoms. The minimum Gasteiger partial charge on any atom is -0.508 e. The standard InChI is InChI=1S/C65H92N14O18S2.C2HF3O2/c1-39(81)51(36-80)72-64(96)53-38-99-98-37-52(73-60(92)48(28-41-10-4-3-5-11-41)68-54(84)32-76-20-22-77(33-55(85)86)24-26-79(35-57(89)90)27-25-78(23-21-76)34-56(87)88)63(95)70-49(29-42-15-17-44(83)18-16-42)61(93)71-50(30-43-31-67-46-13-7-6-12-45(43)46)62(94)69-47(14-8-9-19-66)59(91)75-58(40(2)82)65(97)74-53;3-2(4,5)1(6)7/h3-7,10-13,15-18,31,39-40,47-53,58,67,80-83H,8-9,14,19-30,32-38,66H2,1-2H3,(H,68,84)(H,69,94)(H,70,95)(H,71,93)(H,72,96)(H,73,92)(H,74,97)(H,75,91)(H,85,86)(H,87,88)(H,89,90);(H,6,7)/t39-,40-,47+,48-,49+,50-,51-,52+,53+,58+;/m1./s1. The van der Waals surface area contributed by atoms with E-state index < -0.39 is 164 Å². The lowest BCUT2D eigenvalue weighted by Gasteiger charge is -2.33. The van der Waals surface area contributed by atoms with Gasteiger partial charge < -0.3 is 94.1 Å². The number of aromatic hydroxyl groups is 1. The zero-order valence-electron chi connectivity index (χ0n) is 58.2. The molecule has 3 aromatic carbocycles. The fourth-order valence-corrected chi connectivity index (χ4v) is 13.4. The van der Waals surface area contributed by atoms with E-state index in [0.29, 0.717) is 34.0 Å². The highest BCUT2D eigenvalue weighted by atomic mass is 33.1. The Bertz CT molecular complexity index is 3560. The Kier molecular flexibility index (Phi) is 36.3. The van der Waals surface area contributed by atoms with Crippen molar-refractivity contribution in [3.8, 4) is 5.75 Å². The molecule has 2 fully saturated rings. The number of halogens is 3. The number of phenols is 1. The molecule has 2 aliphatic heterocycles. The van der Waals surface area contributed by atoms with Gasteiger partial charge in [0.2, 0.25) is 47.3 Å². The van der Waals surface area contributed by atoms with Crippen LogP contribution in [0.3, 0.4) is 0 Å². The van der Waals surface area contributed by atoms with Crippen molar-refractivity contribution in [3.05, 3.63) is 102 Å². The summed E-state index contributed by atoms with van der Waals surface area (Å²) in [5, 5.41) is 100. The number of rotatable bonds is 26. The van der Waals surface area contributed by atoms with Crippen LogP contribution in [0, 0.1) is 0 Å². The van der Waals surface area contributed by atoms with Crippen molar-refractivity contribution in [3.63, 3.8) is 0 Å². The summed E-state index contributed by atoms with van der Waals surface area (Å²) in [5.41, 5.74) is 8.05. The number of carbonyl (C=O) groups is 12. The molecule has 4 aromatic rings. The van der Waals surface area contributed by atoms with E-state index in [-0.39, 0.29) is 115 Å². The first-order valence-electron chi connectivity index (χ1n) is 33.8. The molecule has 0 saturated carbocycles. The molecule has 10 atom stereocenters. The van der Waals surface area contributed by atoms with Gasteiger partial charge in [0, 0.05) is 100 Å². The molecule has 0 unspecified atom stereocenters. The Labute approximate surface area is 615 Å². The van der Waals surface area contributed by atoms with Crippen LogP contribution in [0.1, 0.15) is 49.8 Å². The predicted octanol–water partition coefficient (Wildman–Crippen LogP) is -2.83. The second-order valence-electron chi connectivity index (χ2n) is 25.3. The number of hydrogen-bond donors (Lipinski definition) is 18. The van der Waals surface area contributed by atoms with Crippen molar-refractivity contribution < 1.29 is 112 Å². The summed E-state index contributed by atoms with van der Waals surface area (Å²) in [6, 6.07) is 9.21. The number of aliphatic carboxylic acids is 4. The van der Waals surface area contributed by atoms with Crippen molar-refractivity contribution in [2.75, 3.05) is 103 Å². The first kappa shape index (κ1) is 87.4. The normalized spacial score (nSPS) is 21.3. The zero-order chi connectivity index (χ0) is 78.2. The highest BCUT2D eigenvalue weighted by Gasteiger charge is 2.39. The Morgan fingerprint density at radius 3 is 1.62 bits per heavy atom. The number of hydrogen-bond acceptors (Lipinski definition) is 23. The van der Waals surface area contributed by atoms with Gasteiger partial charge in [-0.15, -0.1) is 0 Å². The summed E-state index contributed by atoms with van der Waals surface area (Å²) in [6.45, 7) is 1.08. The molecular formula is C67H93F3N14O20S2. The van der Waals surface area contributed by atoms with Gasteiger partial charge in [0.05, 0.1) is 51.0 Å². The van der Waals surface area contributed by atoms with Crippen molar-refractivity contribution in [1.82, 2.24) is 67.1 Å². The molecule has 2 aliphatic rings. The second kappa shape index (κ2) is 44.1. The first-order chi connectivity index (χ1) is 50.2. The Balaban J connectivity index is 0.00000273. The third kappa shape index (κ3) is 30.7. The number of para-hydroxylation sites is 1. The fourth-order valence-electron chi connectivity index (χ4n) is 11.1. The van der Waals surface area contributed by atoms with Crippen LogP contribution in [0.25, 0.3) is 10.9 Å². The minimum atomic E-state index is -5.08. The van der Waals surface area contributed by atoms with E-state index in [1.54, 1.807) is 80.4 Å². The number of carbonyl (C=O) groups excluding carboxylic acids is 8. The smallest absolute Gasteiger partial charge is 0.490 e. The van der Waals surface area contributed by atoms with Crippen LogP contribution < -0.4 is 48.3 Å². The molecule has 19 N–H and O–H groups in total. The molecule has 6 rings (SSSR count). The predicted molar refractivity (Wildman–Crippen MR) is 380 cm³/mol. The number of unbranched alkanes of at least 4 members (excludes halogenated alkanes) is 1. The number of aromatic amines is 1. The number of amides is 8. The number of aliphatic hydroxyl groups is 3. The van der Waals surface area contributed by atoms with Crippen molar-refractivity contribution >= 4 is 104 Å². The lowest BCUT2D eigenvalue weighted by atomic mass is 10.0. The lowest BCUT2D eigenvalue weighted by Crippen LogP contribution is -2.62. The van der Waals surface area contributed by atoms with E-state index in [0.717, 1.165) is 21.6 Å². The highest BCUT2D eigenvalue weighted by Crippen LogP contribution is 2.25. The summed E-state index contributed by atoms with van der Waals surface area (Å²) in [5.74, 6) is -14.4. The van der Waals surface area contributed by atoms with E-state index >= 15 is 14.4 Å². The molecule has 0 radical (unpaired) electrons. The third-order valence-electron chi connectivity index (χ3n) is 16.9. The molecule has 0 aliphatic carbocycles. The first-order valence-corrected chi connectivity index (χ1v) is 36.3. The number of benzene rings is 3. The molecule has 8 amide bonds. The van der Waals surface area contributed by atoms with Gasteiger partial charge in [0.15, 0.2) is 0 Å². The number of H-pyrrole nitrogens is 1. The highest BCUT2D eigenvalue weighted by molar-refractivity contribution is 8.76. The molecule has 1 aromatic heterocycles. The van der Waals surface area contributed by atoms with Gasteiger partial charge in [0.1, 0.15) is 48.0 Å². The fraction of sp³-hybridized carbons (Fsp3) is 0.522. The molecule has 584 valence electrons. The average Bonchev–Trinajstić information content (AvgIpc) is 1.66. The van der Waals surface area contributed by atoms with Crippen molar-refractivity contribution in [2.24, 2.45) is 5.73 Å². The molecule has 34 nitrogen and oxygen atoms in total. The Morgan fingerprint density at radius 2 is 1.10 bits per heavy atom. The summed E-state index contributed by atoms with van der Waals surface area (Å²) < 4.78 is 31.7. The number of fused-ring (bicyclic) bond motifs is 1. The van der Waals surface area contributed by atoms with Gasteiger partial charge >= 0.3 is 30.1 Å². The van der Waals surface area contributed by atoms with Crippen LogP contribution >= 0.6 is 21.6 Å². The number of phenolic OH excluding ortho intramolecular Hbond substituents is 1. The Morgan fingerprint density at radius 1 is 0.604 bits per heavy atom. The van der Waals surface area contributed by atoms with Gasteiger partial charge in [-0.3, -0.25) is 72.3 Å². The molecule has 39 heteroatoms. The van der Waals surface area contributed by atoms with E-state index in [1.807, 2.05) is 0 Å². The summed E-state index contributed by atoms with van der Waals surface area (Å²) >= 11 is 0. The maximum absolute atomic E-state index is 15.3. The van der Waals surface area contributed by atoms with Crippen LogP contribution in [0.2, 0.25) is 0 Å². The monoisotopic (exact) mass is 1530 g/mol. The van der Waals surface area contributed by atoms with Crippen molar-refractivity contribution in [2.45, 2.75) is 119 Å². The maximum Gasteiger partial charge on any atom is 0.490 e. The second-order valence-corrected chi connectivity index (χ2v) is 27.8. The molecule has 3 heterocycles. The topological polar surface area (TPSA) is 518 Å². The van der Waals surface area contributed by atoms with Crippen LogP contribution in [-0.2, 0) is 76.8 Å². The molecule has 0 bridgehead atoms. The van der Waals surface area contributed by atoms with Crippen LogP contribution in [0.15, 0.2) is 85.1 Å². The Hall–Kier alpha value is -9.19. The van der Waals surface area contributed by atoms with Crippen LogP contribution in [-0.4, -0.2) is 306 Å². The van der Waals surface area contributed by atoms with Gasteiger partial charge in [-0.25, -0.2) is 4.79 Å². The maximum atomic E-state index is 15.3.